The first-order chi connectivity index (χ1) is 11.6. The molecule has 0 saturated carbocycles. The standard InChI is InChI=1S/C12H10N6O6/c19-9(17-5-13-14-6-17)3-23-11(21)1-2-12(22)24-4-10(20)18-7-15-16-8-18/h1-2,5-8H,3-4H2/b2-1+. The van der Waals surface area contributed by atoms with Crippen molar-refractivity contribution in [2.24, 2.45) is 0 Å². The number of rotatable bonds is 6. The van der Waals surface area contributed by atoms with Gasteiger partial charge in [-0.05, 0) is 0 Å². The van der Waals surface area contributed by atoms with Gasteiger partial charge in [0, 0.05) is 12.2 Å². The molecule has 12 nitrogen and oxygen atoms in total. The highest BCUT2D eigenvalue weighted by Gasteiger charge is 2.10. The number of nitrogens with zero attached hydrogens (tertiary/aromatic N) is 6. The molecule has 0 atom stereocenters. The third-order valence-electron chi connectivity index (χ3n) is 2.44. The molecule has 2 aromatic heterocycles. The van der Waals surface area contributed by atoms with Crippen molar-refractivity contribution in [2.75, 3.05) is 13.2 Å². The molecule has 0 amide bonds. The van der Waals surface area contributed by atoms with E-state index in [4.69, 9.17) is 0 Å². The van der Waals surface area contributed by atoms with Crippen LogP contribution < -0.4 is 0 Å². The molecule has 0 radical (unpaired) electrons. The lowest BCUT2D eigenvalue weighted by Gasteiger charge is -2.02. The molecule has 0 fully saturated rings. The first-order valence-electron chi connectivity index (χ1n) is 6.33. The fourth-order valence-electron chi connectivity index (χ4n) is 1.31. The van der Waals surface area contributed by atoms with Crippen LogP contribution in [0.1, 0.15) is 9.59 Å². The minimum Gasteiger partial charge on any atom is -0.452 e. The van der Waals surface area contributed by atoms with Gasteiger partial charge in [-0.15, -0.1) is 20.4 Å². The second-order valence-corrected chi connectivity index (χ2v) is 4.07. The van der Waals surface area contributed by atoms with E-state index in [1.165, 1.54) is 0 Å². The Labute approximate surface area is 133 Å². The van der Waals surface area contributed by atoms with Crippen molar-refractivity contribution in [1.29, 1.82) is 0 Å². The average molecular weight is 334 g/mol. The van der Waals surface area contributed by atoms with Crippen molar-refractivity contribution in [1.82, 2.24) is 29.5 Å². The van der Waals surface area contributed by atoms with Crippen molar-refractivity contribution < 1.29 is 28.7 Å². The lowest BCUT2D eigenvalue weighted by Crippen LogP contribution is -2.19. The Morgan fingerprint density at radius 3 is 1.38 bits per heavy atom. The maximum Gasteiger partial charge on any atom is 0.331 e. The van der Waals surface area contributed by atoms with Gasteiger partial charge in [0.15, 0.2) is 13.2 Å². The van der Waals surface area contributed by atoms with E-state index in [0.29, 0.717) is 0 Å². The summed E-state index contributed by atoms with van der Waals surface area (Å²) in [6, 6.07) is 0. The largest absolute Gasteiger partial charge is 0.452 e. The van der Waals surface area contributed by atoms with Crippen molar-refractivity contribution in [3.63, 3.8) is 0 Å². The predicted molar refractivity (Wildman–Crippen MR) is 72.4 cm³/mol. The zero-order chi connectivity index (χ0) is 17.4. The van der Waals surface area contributed by atoms with E-state index in [2.05, 4.69) is 29.9 Å². The van der Waals surface area contributed by atoms with E-state index >= 15 is 0 Å². The summed E-state index contributed by atoms with van der Waals surface area (Å²) in [6.45, 7) is -1.11. The minimum absolute atomic E-state index is 0.553. The lowest BCUT2D eigenvalue weighted by molar-refractivity contribution is -0.139. The van der Waals surface area contributed by atoms with Gasteiger partial charge in [0.25, 0.3) is 11.8 Å². The highest BCUT2D eigenvalue weighted by molar-refractivity contribution is 5.93. The molecule has 124 valence electrons. The van der Waals surface area contributed by atoms with Crippen LogP contribution in [0.25, 0.3) is 0 Å². The third kappa shape index (κ3) is 4.94. The summed E-state index contributed by atoms with van der Waals surface area (Å²) < 4.78 is 11.3. The van der Waals surface area contributed by atoms with Gasteiger partial charge in [-0.3, -0.25) is 18.7 Å². The van der Waals surface area contributed by atoms with Crippen LogP contribution in [0, 0.1) is 0 Å². The zero-order valence-electron chi connectivity index (χ0n) is 12.0. The minimum atomic E-state index is -0.932. The van der Waals surface area contributed by atoms with Crippen LogP contribution in [0.5, 0.6) is 0 Å². The second kappa shape index (κ2) is 8.07. The van der Waals surface area contributed by atoms with Crippen molar-refractivity contribution in [3.8, 4) is 0 Å². The van der Waals surface area contributed by atoms with Crippen LogP contribution in [0.2, 0.25) is 0 Å². The molecule has 0 aliphatic heterocycles. The number of hydrogen-bond donors (Lipinski definition) is 0. The molecular weight excluding hydrogens is 324 g/mol. The normalized spacial score (nSPS) is 10.5. The Balaban J connectivity index is 1.70. The topological polar surface area (TPSA) is 148 Å². The Hall–Kier alpha value is -3.70. The molecule has 12 heteroatoms. The van der Waals surface area contributed by atoms with Crippen LogP contribution >= 0.6 is 0 Å². The Bertz CT molecular complexity index is 687. The van der Waals surface area contributed by atoms with E-state index < -0.39 is 37.0 Å². The molecule has 0 aromatic carbocycles. The Morgan fingerprint density at radius 2 is 1.04 bits per heavy atom. The molecule has 0 spiro atoms. The number of carbonyl (C=O) groups excluding carboxylic acids is 4. The van der Waals surface area contributed by atoms with E-state index in [-0.39, 0.29) is 0 Å². The Morgan fingerprint density at radius 1 is 0.708 bits per heavy atom. The summed E-state index contributed by atoms with van der Waals surface area (Å²) in [5.74, 6) is -3.00. The fraction of sp³-hybridized carbons (Fsp3) is 0.167. The molecule has 2 rings (SSSR count). The first-order valence-corrected chi connectivity index (χ1v) is 6.33. The molecular formula is C12H10N6O6. The molecule has 2 heterocycles. The number of carbonyl (C=O) groups is 4. The number of ether oxygens (including phenoxy) is 2. The molecule has 2 aromatic rings. The second-order valence-electron chi connectivity index (χ2n) is 4.07. The van der Waals surface area contributed by atoms with Gasteiger partial charge in [0.1, 0.15) is 25.3 Å². The van der Waals surface area contributed by atoms with E-state index in [9.17, 15) is 19.2 Å². The van der Waals surface area contributed by atoms with E-state index in [1.807, 2.05) is 0 Å². The SMILES string of the molecule is O=C(/C=C/C(=O)OCC(=O)n1cnnc1)OCC(=O)n1cnnc1. The fourth-order valence-corrected chi connectivity index (χ4v) is 1.31. The quantitative estimate of drug-likeness (QED) is 0.451. The van der Waals surface area contributed by atoms with Gasteiger partial charge >= 0.3 is 11.9 Å². The van der Waals surface area contributed by atoms with E-state index in [0.717, 1.165) is 46.6 Å². The third-order valence-corrected chi connectivity index (χ3v) is 2.44. The molecule has 0 saturated heterocycles. The molecule has 0 aliphatic carbocycles. The zero-order valence-corrected chi connectivity index (χ0v) is 12.0. The summed E-state index contributed by atoms with van der Waals surface area (Å²) in [5.41, 5.74) is 0. The summed E-state index contributed by atoms with van der Waals surface area (Å²) in [4.78, 5) is 45.7. The van der Waals surface area contributed by atoms with E-state index in [1.54, 1.807) is 0 Å². The van der Waals surface area contributed by atoms with Crippen LogP contribution in [-0.2, 0) is 19.1 Å². The Kier molecular flexibility index (Phi) is 5.60. The van der Waals surface area contributed by atoms with Crippen LogP contribution in [0.4, 0.5) is 0 Å². The van der Waals surface area contributed by atoms with Crippen molar-refractivity contribution in [2.45, 2.75) is 0 Å². The molecule has 0 bridgehead atoms. The van der Waals surface area contributed by atoms with Gasteiger partial charge in [-0.25, -0.2) is 9.59 Å². The first kappa shape index (κ1) is 16.7. The summed E-state index contributed by atoms with van der Waals surface area (Å²) in [7, 11) is 0. The number of hydrogen-bond acceptors (Lipinski definition) is 10. The summed E-state index contributed by atoms with van der Waals surface area (Å²) >= 11 is 0. The van der Waals surface area contributed by atoms with Gasteiger partial charge in [0.05, 0.1) is 0 Å². The smallest absolute Gasteiger partial charge is 0.331 e. The van der Waals surface area contributed by atoms with Crippen LogP contribution in [-0.4, -0.2) is 66.5 Å². The van der Waals surface area contributed by atoms with Crippen molar-refractivity contribution >= 4 is 23.8 Å². The highest BCUT2D eigenvalue weighted by atomic mass is 16.5. The van der Waals surface area contributed by atoms with Gasteiger partial charge in [-0.2, -0.15) is 0 Å². The maximum atomic E-state index is 11.5. The summed E-state index contributed by atoms with van der Waals surface area (Å²) in [5, 5.41) is 13.7. The van der Waals surface area contributed by atoms with Gasteiger partial charge in [0.2, 0.25) is 0 Å². The lowest BCUT2D eigenvalue weighted by atomic mass is 10.5. The van der Waals surface area contributed by atoms with Crippen LogP contribution in [0.15, 0.2) is 37.5 Å². The van der Waals surface area contributed by atoms with Gasteiger partial charge in [-0.1, -0.05) is 0 Å². The molecule has 24 heavy (non-hydrogen) atoms. The van der Waals surface area contributed by atoms with Crippen LogP contribution in [0.3, 0.4) is 0 Å². The summed E-state index contributed by atoms with van der Waals surface area (Å²) in [6.07, 6.45) is 6.13. The molecule has 0 aliphatic rings. The average Bonchev–Trinajstić information content (AvgIpc) is 3.28. The predicted octanol–water partition coefficient (Wildman–Crippen LogP) is -1.51. The highest BCUT2D eigenvalue weighted by Crippen LogP contribution is 1.91. The van der Waals surface area contributed by atoms with Crippen molar-refractivity contribution in [3.05, 3.63) is 37.5 Å². The molecule has 0 unspecified atom stereocenters. The molecule has 0 N–H and O–H groups in total. The number of esters is 2. The number of aromatic nitrogens is 6. The maximum absolute atomic E-state index is 11.5. The van der Waals surface area contributed by atoms with Gasteiger partial charge < -0.3 is 9.47 Å². The monoisotopic (exact) mass is 334 g/mol.